The van der Waals surface area contributed by atoms with Crippen molar-refractivity contribution in [2.45, 2.75) is 40.0 Å². The lowest BCUT2D eigenvalue weighted by Crippen LogP contribution is -2.22. The Morgan fingerprint density at radius 1 is 1.22 bits per heavy atom. The van der Waals surface area contributed by atoms with Gasteiger partial charge in [-0.25, -0.2) is 0 Å². The van der Waals surface area contributed by atoms with Crippen LogP contribution in [0.15, 0.2) is 24.3 Å². The van der Waals surface area contributed by atoms with Crippen molar-refractivity contribution in [3.63, 3.8) is 0 Å². The van der Waals surface area contributed by atoms with Gasteiger partial charge in [0.2, 0.25) is 0 Å². The minimum Gasteiger partial charge on any atom is -0.492 e. The number of hydrogen-bond donors (Lipinski definition) is 1. The Morgan fingerprint density at radius 2 is 2.06 bits per heavy atom. The van der Waals surface area contributed by atoms with Crippen LogP contribution in [0.3, 0.4) is 0 Å². The van der Waals surface area contributed by atoms with E-state index in [1.807, 2.05) is 6.07 Å². The molecule has 0 aliphatic carbocycles. The molecule has 1 rings (SSSR count). The third kappa shape index (κ3) is 6.65. The molecule has 0 atom stereocenters. The van der Waals surface area contributed by atoms with Crippen molar-refractivity contribution in [1.29, 1.82) is 0 Å². The molecule has 1 aromatic rings. The van der Waals surface area contributed by atoms with Gasteiger partial charge >= 0.3 is 0 Å². The normalized spacial score (nSPS) is 10.9. The first-order chi connectivity index (χ1) is 8.72. The second kappa shape index (κ2) is 8.98. The Morgan fingerprint density at radius 3 is 2.78 bits per heavy atom. The van der Waals surface area contributed by atoms with Crippen molar-refractivity contribution in [3.8, 4) is 5.75 Å². The second-order valence-electron chi connectivity index (χ2n) is 5.14. The lowest BCUT2D eigenvalue weighted by molar-refractivity contribution is 0.313. The zero-order valence-corrected chi connectivity index (χ0v) is 12.0. The largest absolute Gasteiger partial charge is 0.492 e. The highest BCUT2D eigenvalue weighted by atomic mass is 16.5. The highest BCUT2D eigenvalue weighted by Gasteiger charge is 1.96. The molecule has 2 heteroatoms. The van der Waals surface area contributed by atoms with Crippen LogP contribution in [0.5, 0.6) is 5.75 Å². The Labute approximate surface area is 112 Å². The summed E-state index contributed by atoms with van der Waals surface area (Å²) >= 11 is 0. The third-order valence-electron chi connectivity index (χ3n) is 2.99. The standard InChI is InChI=1S/C16H27NO/c1-4-15-8-5-9-16(13-15)18-12-11-17-10-6-7-14(2)3/h5,8-9,13-14,17H,4,6-7,10-12H2,1-3H3. The minimum absolute atomic E-state index is 0.745. The SMILES string of the molecule is CCc1cccc(OCCNCCCC(C)C)c1. The summed E-state index contributed by atoms with van der Waals surface area (Å²) in [6.45, 7) is 9.46. The molecule has 0 aliphatic rings. The lowest BCUT2D eigenvalue weighted by Gasteiger charge is -2.09. The molecule has 1 N–H and O–H groups in total. The fourth-order valence-electron chi connectivity index (χ4n) is 1.86. The minimum atomic E-state index is 0.745. The number of benzene rings is 1. The van der Waals surface area contributed by atoms with Crippen molar-refractivity contribution in [2.75, 3.05) is 19.7 Å². The summed E-state index contributed by atoms with van der Waals surface area (Å²) in [5.74, 6) is 1.79. The summed E-state index contributed by atoms with van der Waals surface area (Å²) in [6, 6.07) is 8.35. The van der Waals surface area contributed by atoms with Gasteiger partial charge in [-0.2, -0.15) is 0 Å². The summed E-state index contributed by atoms with van der Waals surface area (Å²) in [5, 5.41) is 3.41. The summed E-state index contributed by atoms with van der Waals surface area (Å²) in [4.78, 5) is 0. The number of rotatable bonds is 9. The van der Waals surface area contributed by atoms with Gasteiger partial charge in [0.25, 0.3) is 0 Å². The van der Waals surface area contributed by atoms with Crippen LogP contribution < -0.4 is 10.1 Å². The Kier molecular flexibility index (Phi) is 7.51. The van der Waals surface area contributed by atoms with E-state index in [0.29, 0.717) is 0 Å². The van der Waals surface area contributed by atoms with Crippen LogP contribution in [0.1, 0.15) is 39.2 Å². The summed E-state index contributed by atoms with van der Waals surface area (Å²) in [5.41, 5.74) is 1.33. The van der Waals surface area contributed by atoms with E-state index >= 15 is 0 Å². The van der Waals surface area contributed by atoms with Crippen molar-refractivity contribution >= 4 is 0 Å². The monoisotopic (exact) mass is 249 g/mol. The molecular weight excluding hydrogens is 222 g/mol. The first kappa shape index (κ1) is 15.0. The maximum atomic E-state index is 5.71. The Balaban J connectivity index is 2.06. The average Bonchev–Trinajstić information content (AvgIpc) is 2.37. The van der Waals surface area contributed by atoms with Crippen LogP contribution in [0, 0.1) is 5.92 Å². The number of ether oxygens (including phenoxy) is 1. The molecule has 102 valence electrons. The van der Waals surface area contributed by atoms with E-state index in [1.54, 1.807) is 0 Å². The quantitative estimate of drug-likeness (QED) is 0.674. The highest BCUT2D eigenvalue weighted by Crippen LogP contribution is 2.13. The first-order valence-corrected chi connectivity index (χ1v) is 7.14. The first-order valence-electron chi connectivity index (χ1n) is 7.14. The van der Waals surface area contributed by atoms with Gasteiger partial charge in [0.15, 0.2) is 0 Å². The van der Waals surface area contributed by atoms with Crippen LogP contribution in [0.4, 0.5) is 0 Å². The molecule has 0 saturated carbocycles. The molecule has 0 aromatic heterocycles. The second-order valence-corrected chi connectivity index (χ2v) is 5.14. The molecule has 0 bridgehead atoms. The van der Waals surface area contributed by atoms with E-state index in [9.17, 15) is 0 Å². The van der Waals surface area contributed by atoms with E-state index in [-0.39, 0.29) is 0 Å². The van der Waals surface area contributed by atoms with E-state index in [1.165, 1.54) is 18.4 Å². The molecule has 0 aliphatic heterocycles. The molecule has 0 amide bonds. The van der Waals surface area contributed by atoms with Crippen molar-refractivity contribution in [2.24, 2.45) is 5.92 Å². The predicted octanol–water partition coefficient (Wildman–Crippen LogP) is 3.65. The lowest BCUT2D eigenvalue weighted by atomic mass is 10.1. The molecule has 0 saturated heterocycles. The smallest absolute Gasteiger partial charge is 0.119 e. The van der Waals surface area contributed by atoms with Crippen LogP contribution in [0.2, 0.25) is 0 Å². The molecule has 1 aromatic carbocycles. The van der Waals surface area contributed by atoms with Crippen LogP contribution in [-0.4, -0.2) is 19.7 Å². The average molecular weight is 249 g/mol. The topological polar surface area (TPSA) is 21.3 Å². The molecule has 0 heterocycles. The van der Waals surface area contributed by atoms with Gasteiger partial charge in [0.1, 0.15) is 12.4 Å². The summed E-state index contributed by atoms with van der Waals surface area (Å²) in [7, 11) is 0. The Bertz CT molecular complexity index is 323. The molecule has 0 spiro atoms. The third-order valence-corrected chi connectivity index (χ3v) is 2.99. The zero-order valence-electron chi connectivity index (χ0n) is 12.0. The van der Waals surface area contributed by atoms with Crippen LogP contribution in [-0.2, 0) is 6.42 Å². The Hall–Kier alpha value is -1.02. The van der Waals surface area contributed by atoms with E-state index in [2.05, 4.69) is 44.3 Å². The van der Waals surface area contributed by atoms with Gasteiger partial charge < -0.3 is 10.1 Å². The van der Waals surface area contributed by atoms with Crippen LogP contribution in [0.25, 0.3) is 0 Å². The van der Waals surface area contributed by atoms with Crippen molar-refractivity contribution in [1.82, 2.24) is 5.32 Å². The van der Waals surface area contributed by atoms with Crippen molar-refractivity contribution < 1.29 is 4.74 Å². The molecular formula is C16H27NO. The molecule has 0 unspecified atom stereocenters. The van der Waals surface area contributed by atoms with Gasteiger partial charge in [-0.1, -0.05) is 32.9 Å². The zero-order chi connectivity index (χ0) is 13.2. The highest BCUT2D eigenvalue weighted by molar-refractivity contribution is 5.28. The van der Waals surface area contributed by atoms with Gasteiger partial charge in [-0.15, -0.1) is 0 Å². The molecule has 18 heavy (non-hydrogen) atoms. The fourth-order valence-corrected chi connectivity index (χ4v) is 1.86. The summed E-state index contributed by atoms with van der Waals surface area (Å²) < 4.78 is 5.71. The van der Waals surface area contributed by atoms with Gasteiger partial charge in [0, 0.05) is 6.54 Å². The number of nitrogens with one attached hydrogen (secondary N) is 1. The van der Waals surface area contributed by atoms with Crippen LogP contribution >= 0.6 is 0 Å². The summed E-state index contributed by atoms with van der Waals surface area (Å²) in [6.07, 6.45) is 3.61. The van der Waals surface area contributed by atoms with Gasteiger partial charge in [-0.3, -0.25) is 0 Å². The van der Waals surface area contributed by atoms with Gasteiger partial charge in [-0.05, 0) is 49.4 Å². The van der Waals surface area contributed by atoms with E-state index in [4.69, 9.17) is 4.74 Å². The van der Waals surface area contributed by atoms with Crippen molar-refractivity contribution in [3.05, 3.63) is 29.8 Å². The molecule has 2 nitrogen and oxygen atoms in total. The molecule has 0 radical (unpaired) electrons. The fraction of sp³-hybridized carbons (Fsp3) is 0.625. The predicted molar refractivity (Wildman–Crippen MR) is 78.3 cm³/mol. The maximum Gasteiger partial charge on any atom is 0.119 e. The van der Waals surface area contributed by atoms with E-state index in [0.717, 1.165) is 37.8 Å². The number of hydrogen-bond acceptors (Lipinski definition) is 2. The molecule has 0 fully saturated rings. The maximum absolute atomic E-state index is 5.71. The van der Waals surface area contributed by atoms with Gasteiger partial charge in [0.05, 0.1) is 0 Å². The van der Waals surface area contributed by atoms with E-state index < -0.39 is 0 Å². The number of aryl methyl sites for hydroxylation is 1.